The Bertz CT molecular complexity index is 261. The molecule has 2 aliphatic carbocycles. The van der Waals surface area contributed by atoms with E-state index in [2.05, 4.69) is 6.07 Å². The Labute approximate surface area is 70.1 Å². The van der Waals surface area contributed by atoms with Crippen molar-refractivity contribution < 1.29 is 4.74 Å². The molecule has 1 aliphatic heterocycles. The van der Waals surface area contributed by atoms with E-state index >= 15 is 0 Å². The summed E-state index contributed by atoms with van der Waals surface area (Å²) in [5, 5.41) is 8.85. The smallest absolute Gasteiger partial charge is 0.136 e. The Morgan fingerprint density at radius 2 is 2.36 bits per heavy atom. The van der Waals surface area contributed by atoms with Gasteiger partial charge < -0.3 is 4.74 Å². The standard InChI is InChI=1S/C8H8ClNO/c9-8(3-10)2-4-1-5(8)7-6(4)11-7/h4-7H,1-2H2/t4-,5+,6-,7-,8+/m1/s1. The van der Waals surface area contributed by atoms with Crippen molar-refractivity contribution in [1.82, 2.24) is 0 Å². The summed E-state index contributed by atoms with van der Waals surface area (Å²) in [6, 6.07) is 2.21. The van der Waals surface area contributed by atoms with Crippen LogP contribution >= 0.6 is 11.6 Å². The highest BCUT2D eigenvalue weighted by molar-refractivity contribution is 6.26. The van der Waals surface area contributed by atoms with Crippen molar-refractivity contribution in [3.8, 4) is 6.07 Å². The molecule has 58 valence electrons. The minimum Gasteiger partial charge on any atom is -0.369 e. The van der Waals surface area contributed by atoms with Crippen molar-refractivity contribution in [3.05, 3.63) is 0 Å². The molecular formula is C8H8ClNO. The molecule has 0 aromatic carbocycles. The van der Waals surface area contributed by atoms with Gasteiger partial charge in [0.1, 0.15) is 4.87 Å². The summed E-state index contributed by atoms with van der Waals surface area (Å²) in [4.78, 5) is -0.581. The van der Waals surface area contributed by atoms with Crippen molar-refractivity contribution in [2.75, 3.05) is 0 Å². The molecule has 2 saturated carbocycles. The molecule has 1 saturated heterocycles. The number of hydrogen-bond acceptors (Lipinski definition) is 2. The highest BCUT2D eigenvalue weighted by atomic mass is 35.5. The molecule has 0 aromatic heterocycles. The first-order chi connectivity index (χ1) is 5.24. The van der Waals surface area contributed by atoms with Gasteiger partial charge in [-0.05, 0) is 18.8 Å². The van der Waals surface area contributed by atoms with Crippen LogP contribution in [0.15, 0.2) is 0 Å². The van der Waals surface area contributed by atoms with Gasteiger partial charge in [0.15, 0.2) is 0 Å². The molecule has 2 bridgehead atoms. The summed E-state index contributed by atoms with van der Waals surface area (Å²) < 4.78 is 5.40. The second-order valence-electron chi connectivity index (χ2n) is 3.85. The van der Waals surface area contributed by atoms with E-state index in [1.54, 1.807) is 0 Å². The second-order valence-corrected chi connectivity index (χ2v) is 4.52. The Morgan fingerprint density at radius 3 is 2.91 bits per heavy atom. The number of nitrogens with zero attached hydrogens (tertiary/aromatic N) is 1. The third kappa shape index (κ3) is 0.579. The molecule has 0 aromatic rings. The van der Waals surface area contributed by atoms with E-state index in [1.165, 1.54) is 0 Å². The lowest BCUT2D eigenvalue weighted by atomic mass is 9.89. The normalized spacial score (nSPS) is 64.0. The fourth-order valence-electron chi connectivity index (χ4n) is 2.74. The molecule has 0 spiro atoms. The van der Waals surface area contributed by atoms with E-state index < -0.39 is 4.87 Å². The van der Waals surface area contributed by atoms with Gasteiger partial charge in [-0.1, -0.05) is 0 Å². The molecule has 3 aliphatic rings. The van der Waals surface area contributed by atoms with Crippen LogP contribution in [0.2, 0.25) is 0 Å². The van der Waals surface area contributed by atoms with Crippen LogP contribution in [0.4, 0.5) is 0 Å². The predicted molar refractivity (Wildman–Crippen MR) is 39.1 cm³/mol. The molecule has 1 heterocycles. The summed E-state index contributed by atoms with van der Waals surface area (Å²) in [7, 11) is 0. The Hall–Kier alpha value is -0.260. The fraction of sp³-hybridized carbons (Fsp3) is 0.875. The van der Waals surface area contributed by atoms with E-state index in [4.69, 9.17) is 21.6 Å². The van der Waals surface area contributed by atoms with Gasteiger partial charge in [0.05, 0.1) is 18.3 Å². The number of rotatable bonds is 0. The largest absolute Gasteiger partial charge is 0.369 e. The number of halogens is 1. The van der Waals surface area contributed by atoms with Crippen molar-refractivity contribution in [1.29, 1.82) is 5.26 Å². The van der Waals surface area contributed by atoms with E-state index in [1.807, 2.05) is 0 Å². The summed E-state index contributed by atoms with van der Waals surface area (Å²) in [5.74, 6) is 0.909. The van der Waals surface area contributed by atoms with Crippen molar-refractivity contribution in [2.45, 2.75) is 29.9 Å². The number of epoxide rings is 1. The van der Waals surface area contributed by atoms with Gasteiger partial charge in [-0.25, -0.2) is 0 Å². The van der Waals surface area contributed by atoms with Crippen LogP contribution in [0, 0.1) is 23.2 Å². The quantitative estimate of drug-likeness (QED) is 0.405. The predicted octanol–water partition coefficient (Wildman–Crippen LogP) is 1.29. The number of ether oxygens (including phenoxy) is 1. The third-order valence-electron chi connectivity index (χ3n) is 3.31. The zero-order valence-corrected chi connectivity index (χ0v) is 6.71. The van der Waals surface area contributed by atoms with Gasteiger partial charge in [0, 0.05) is 5.92 Å². The zero-order chi connectivity index (χ0) is 7.64. The van der Waals surface area contributed by atoms with Crippen LogP contribution in [0.3, 0.4) is 0 Å². The van der Waals surface area contributed by atoms with Gasteiger partial charge in [-0.2, -0.15) is 5.26 Å². The molecule has 0 amide bonds. The van der Waals surface area contributed by atoms with Gasteiger partial charge in [0.2, 0.25) is 0 Å². The minimum absolute atomic E-state index is 0.323. The zero-order valence-electron chi connectivity index (χ0n) is 5.96. The van der Waals surface area contributed by atoms with E-state index in [0.29, 0.717) is 24.0 Å². The Balaban J connectivity index is 1.99. The molecule has 5 atom stereocenters. The number of nitriles is 1. The van der Waals surface area contributed by atoms with Crippen LogP contribution in [0.1, 0.15) is 12.8 Å². The van der Waals surface area contributed by atoms with Crippen LogP contribution < -0.4 is 0 Å². The summed E-state index contributed by atoms with van der Waals surface area (Å²) in [6.45, 7) is 0. The van der Waals surface area contributed by atoms with Crippen LogP contribution in [-0.2, 0) is 4.74 Å². The first-order valence-electron chi connectivity index (χ1n) is 4.00. The third-order valence-corrected chi connectivity index (χ3v) is 3.83. The Morgan fingerprint density at radius 1 is 1.55 bits per heavy atom. The van der Waals surface area contributed by atoms with E-state index in [-0.39, 0.29) is 0 Å². The first-order valence-corrected chi connectivity index (χ1v) is 4.38. The lowest BCUT2D eigenvalue weighted by molar-refractivity contribution is 0.261. The van der Waals surface area contributed by atoms with E-state index in [9.17, 15) is 0 Å². The fourth-order valence-corrected chi connectivity index (χ4v) is 3.15. The topological polar surface area (TPSA) is 36.3 Å². The van der Waals surface area contributed by atoms with E-state index in [0.717, 1.165) is 12.8 Å². The van der Waals surface area contributed by atoms with Crippen LogP contribution in [0.25, 0.3) is 0 Å². The Kier molecular flexibility index (Phi) is 0.898. The maximum atomic E-state index is 8.85. The monoisotopic (exact) mass is 169 g/mol. The molecule has 0 radical (unpaired) electrons. The van der Waals surface area contributed by atoms with Gasteiger partial charge in [-0.15, -0.1) is 11.6 Å². The van der Waals surface area contributed by atoms with Gasteiger partial charge >= 0.3 is 0 Å². The SMILES string of the molecule is N#C[C@@]1(Cl)C[C@H]2C[C@H]1[C@H]1O[C@H]21. The molecule has 3 fully saturated rings. The van der Waals surface area contributed by atoms with Crippen molar-refractivity contribution in [2.24, 2.45) is 11.8 Å². The molecule has 0 unspecified atom stereocenters. The number of fused-ring (bicyclic) bond motifs is 5. The van der Waals surface area contributed by atoms with Crippen LogP contribution in [-0.4, -0.2) is 17.1 Å². The average molecular weight is 170 g/mol. The highest BCUT2D eigenvalue weighted by Gasteiger charge is 2.68. The molecule has 2 nitrogen and oxygen atoms in total. The molecule has 3 heteroatoms. The number of hydrogen-bond donors (Lipinski definition) is 0. The molecule has 0 N–H and O–H groups in total. The minimum atomic E-state index is -0.581. The first kappa shape index (κ1) is 6.28. The maximum absolute atomic E-state index is 8.85. The molecule has 11 heavy (non-hydrogen) atoms. The molecule has 3 rings (SSSR count). The van der Waals surface area contributed by atoms with Gasteiger partial charge in [-0.3, -0.25) is 0 Å². The average Bonchev–Trinajstić information content (AvgIpc) is 2.65. The van der Waals surface area contributed by atoms with Gasteiger partial charge in [0.25, 0.3) is 0 Å². The highest BCUT2D eigenvalue weighted by Crippen LogP contribution is 2.62. The number of alkyl halides is 1. The molecular weight excluding hydrogens is 162 g/mol. The maximum Gasteiger partial charge on any atom is 0.136 e. The lowest BCUT2D eigenvalue weighted by Crippen LogP contribution is -2.31. The second kappa shape index (κ2) is 1.57. The van der Waals surface area contributed by atoms with Crippen LogP contribution in [0.5, 0.6) is 0 Å². The lowest BCUT2D eigenvalue weighted by Gasteiger charge is -2.20. The summed E-state index contributed by atoms with van der Waals surface area (Å²) in [5.41, 5.74) is 0. The summed E-state index contributed by atoms with van der Waals surface area (Å²) >= 11 is 6.13. The summed E-state index contributed by atoms with van der Waals surface area (Å²) in [6.07, 6.45) is 2.77. The van der Waals surface area contributed by atoms with Crippen molar-refractivity contribution >= 4 is 11.6 Å². The van der Waals surface area contributed by atoms with Crippen molar-refractivity contribution in [3.63, 3.8) is 0 Å².